The molecule has 0 saturated heterocycles. The van der Waals surface area contributed by atoms with Crippen molar-refractivity contribution >= 4 is 33.4 Å². The molecule has 3 aromatic rings. The number of para-hydroxylation sites is 1. The van der Waals surface area contributed by atoms with Crippen LogP contribution in [0.2, 0.25) is 0 Å². The van der Waals surface area contributed by atoms with Crippen molar-refractivity contribution in [2.24, 2.45) is 0 Å². The summed E-state index contributed by atoms with van der Waals surface area (Å²) in [6.07, 6.45) is 0. The number of aryl methyl sites for hydroxylation is 1. The second kappa shape index (κ2) is 7.45. The van der Waals surface area contributed by atoms with Crippen LogP contribution in [-0.4, -0.2) is 46.4 Å². The number of hydrogen-bond acceptors (Lipinski definition) is 5. The Bertz CT molecular complexity index is 901. The average Bonchev–Trinajstić information content (AvgIpc) is 3.16. The van der Waals surface area contributed by atoms with Gasteiger partial charge >= 0.3 is 5.97 Å². The van der Waals surface area contributed by atoms with E-state index in [1.807, 2.05) is 48.0 Å². The average molecular weight is 358 g/mol. The van der Waals surface area contributed by atoms with Crippen molar-refractivity contribution in [1.29, 1.82) is 0 Å². The van der Waals surface area contributed by atoms with Gasteiger partial charge in [-0.2, -0.15) is 5.10 Å². The Morgan fingerprint density at radius 1 is 1.24 bits per heavy atom. The molecule has 7 nitrogen and oxygen atoms in total. The van der Waals surface area contributed by atoms with Crippen LogP contribution >= 0.6 is 11.3 Å². The molecule has 25 heavy (non-hydrogen) atoms. The number of nitrogens with one attached hydrogen (secondary N) is 2. The van der Waals surface area contributed by atoms with Gasteiger partial charge in [0.05, 0.1) is 22.8 Å². The van der Waals surface area contributed by atoms with E-state index in [4.69, 9.17) is 5.11 Å². The molecule has 1 aromatic carbocycles. The van der Waals surface area contributed by atoms with E-state index < -0.39 is 5.97 Å². The van der Waals surface area contributed by atoms with Gasteiger partial charge in [-0.15, -0.1) is 11.3 Å². The normalized spacial score (nSPS) is 10.9. The van der Waals surface area contributed by atoms with Gasteiger partial charge in [0.15, 0.2) is 0 Å². The SMILES string of the molecule is Cc1nn(-c2ccccc2)c2sc(C(=O)NCCNCC(=O)O)cc12. The summed E-state index contributed by atoms with van der Waals surface area (Å²) in [5, 5.41) is 19.6. The van der Waals surface area contributed by atoms with Crippen molar-refractivity contribution in [3.63, 3.8) is 0 Å². The number of aromatic nitrogens is 2. The minimum absolute atomic E-state index is 0.120. The van der Waals surface area contributed by atoms with Crippen LogP contribution in [0.15, 0.2) is 36.4 Å². The summed E-state index contributed by atoms with van der Waals surface area (Å²) in [4.78, 5) is 24.2. The fourth-order valence-corrected chi connectivity index (χ4v) is 3.55. The molecule has 0 fully saturated rings. The second-order valence-corrected chi connectivity index (χ2v) is 6.52. The highest BCUT2D eigenvalue weighted by molar-refractivity contribution is 7.20. The fraction of sp³-hybridized carbons (Fsp3) is 0.235. The predicted molar refractivity (Wildman–Crippen MR) is 96.5 cm³/mol. The number of rotatable bonds is 7. The Labute approximate surface area is 148 Å². The number of carboxylic acid groups (broad SMARTS) is 1. The summed E-state index contributed by atoms with van der Waals surface area (Å²) in [7, 11) is 0. The van der Waals surface area contributed by atoms with Crippen LogP contribution in [-0.2, 0) is 4.79 Å². The topological polar surface area (TPSA) is 96.3 Å². The molecule has 8 heteroatoms. The number of carboxylic acids is 1. The minimum Gasteiger partial charge on any atom is -0.480 e. The van der Waals surface area contributed by atoms with Crippen LogP contribution in [0, 0.1) is 6.92 Å². The number of amides is 1. The number of nitrogens with zero attached hydrogens (tertiary/aromatic N) is 2. The predicted octanol–water partition coefficient (Wildman–Crippen LogP) is 1.80. The van der Waals surface area contributed by atoms with Gasteiger partial charge in [-0.1, -0.05) is 18.2 Å². The molecule has 1 amide bonds. The summed E-state index contributed by atoms with van der Waals surface area (Å²) in [6, 6.07) is 11.6. The first-order valence-corrected chi connectivity index (χ1v) is 8.63. The maximum Gasteiger partial charge on any atom is 0.317 e. The smallest absolute Gasteiger partial charge is 0.317 e. The van der Waals surface area contributed by atoms with Gasteiger partial charge in [-0.05, 0) is 25.1 Å². The number of thiophene rings is 1. The van der Waals surface area contributed by atoms with Crippen LogP contribution in [0.5, 0.6) is 0 Å². The third-order valence-corrected chi connectivity index (χ3v) is 4.74. The fourth-order valence-electron chi connectivity index (χ4n) is 2.45. The van der Waals surface area contributed by atoms with Gasteiger partial charge in [-0.25, -0.2) is 4.68 Å². The first kappa shape index (κ1) is 17.1. The highest BCUT2D eigenvalue weighted by atomic mass is 32.1. The van der Waals surface area contributed by atoms with E-state index in [2.05, 4.69) is 15.7 Å². The van der Waals surface area contributed by atoms with Crippen LogP contribution < -0.4 is 10.6 Å². The molecule has 0 bridgehead atoms. The molecule has 2 heterocycles. The molecule has 0 aliphatic rings. The largest absolute Gasteiger partial charge is 0.480 e. The number of carbonyl (C=O) groups excluding carboxylic acids is 1. The molecule has 2 aromatic heterocycles. The van der Waals surface area contributed by atoms with Crippen LogP contribution in [0.25, 0.3) is 15.9 Å². The zero-order valence-corrected chi connectivity index (χ0v) is 14.5. The van der Waals surface area contributed by atoms with E-state index in [-0.39, 0.29) is 12.5 Å². The first-order chi connectivity index (χ1) is 12.1. The number of aliphatic carboxylic acids is 1. The van der Waals surface area contributed by atoms with Gasteiger partial charge in [0, 0.05) is 18.5 Å². The Morgan fingerprint density at radius 3 is 2.72 bits per heavy atom. The lowest BCUT2D eigenvalue weighted by Crippen LogP contribution is -2.33. The molecule has 0 aliphatic carbocycles. The van der Waals surface area contributed by atoms with E-state index in [1.54, 1.807) is 0 Å². The zero-order chi connectivity index (χ0) is 17.8. The Kier molecular flexibility index (Phi) is 5.11. The van der Waals surface area contributed by atoms with Crippen molar-refractivity contribution < 1.29 is 14.7 Å². The van der Waals surface area contributed by atoms with E-state index in [0.717, 1.165) is 21.6 Å². The third kappa shape index (κ3) is 3.86. The molecule has 0 atom stereocenters. The third-order valence-electron chi connectivity index (χ3n) is 3.63. The number of hydrogen-bond donors (Lipinski definition) is 3. The second-order valence-electron chi connectivity index (χ2n) is 5.49. The molecular weight excluding hydrogens is 340 g/mol. The molecule has 130 valence electrons. The van der Waals surface area contributed by atoms with Crippen molar-refractivity contribution in [3.8, 4) is 5.69 Å². The Hall–Kier alpha value is -2.71. The maximum absolute atomic E-state index is 12.3. The Morgan fingerprint density at radius 2 is 2.00 bits per heavy atom. The van der Waals surface area contributed by atoms with Crippen molar-refractivity contribution in [1.82, 2.24) is 20.4 Å². The summed E-state index contributed by atoms with van der Waals surface area (Å²) < 4.78 is 1.85. The summed E-state index contributed by atoms with van der Waals surface area (Å²) in [6.45, 7) is 2.57. The number of fused-ring (bicyclic) bond motifs is 1. The molecule has 0 radical (unpaired) electrons. The first-order valence-electron chi connectivity index (χ1n) is 7.81. The molecule has 0 saturated carbocycles. The standard InChI is InChI=1S/C17H18N4O3S/c1-11-13-9-14(16(24)19-8-7-18-10-15(22)23)25-17(13)21(20-11)12-5-3-2-4-6-12/h2-6,9,18H,7-8,10H2,1H3,(H,19,24)(H,22,23). The molecule has 3 N–H and O–H groups in total. The quantitative estimate of drug-likeness (QED) is 0.560. The molecule has 0 unspecified atom stereocenters. The van der Waals surface area contributed by atoms with E-state index in [0.29, 0.717) is 18.0 Å². The van der Waals surface area contributed by atoms with Gasteiger partial charge in [0.25, 0.3) is 5.91 Å². The van der Waals surface area contributed by atoms with Crippen LogP contribution in [0.3, 0.4) is 0 Å². The molecular formula is C17H18N4O3S. The van der Waals surface area contributed by atoms with Gasteiger partial charge in [0.1, 0.15) is 4.83 Å². The van der Waals surface area contributed by atoms with Gasteiger partial charge in [0.2, 0.25) is 0 Å². The minimum atomic E-state index is -0.920. The van der Waals surface area contributed by atoms with Crippen LogP contribution in [0.4, 0.5) is 0 Å². The summed E-state index contributed by atoms with van der Waals surface area (Å²) in [5.74, 6) is -1.09. The monoisotopic (exact) mass is 358 g/mol. The number of carbonyl (C=O) groups is 2. The molecule has 0 aliphatic heterocycles. The summed E-state index contributed by atoms with van der Waals surface area (Å²) >= 11 is 1.39. The van der Waals surface area contributed by atoms with Gasteiger partial charge < -0.3 is 15.7 Å². The highest BCUT2D eigenvalue weighted by Crippen LogP contribution is 2.30. The van der Waals surface area contributed by atoms with E-state index in [1.165, 1.54) is 11.3 Å². The van der Waals surface area contributed by atoms with Crippen LogP contribution in [0.1, 0.15) is 15.4 Å². The van der Waals surface area contributed by atoms with Crippen molar-refractivity contribution in [3.05, 3.63) is 47.0 Å². The van der Waals surface area contributed by atoms with E-state index in [9.17, 15) is 9.59 Å². The van der Waals surface area contributed by atoms with Crippen molar-refractivity contribution in [2.75, 3.05) is 19.6 Å². The lowest BCUT2D eigenvalue weighted by atomic mass is 10.3. The van der Waals surface area contributed by atoms with Crippen molar-refractivity contribution in [2.45, 2.75) is 6.92 Å². The lowest BCUT2D eigenvalue weighted by molar-refractivity contribution is -0.135. The highest BCUT2D eigenvalue weighted by Gasteiger charge is 2.16. The zero-order valence-electron chi connectivity index (χ0n) is 13.7. The summed E-state index contributed by atoms with van der Waals surface area (Å²) in [5.41, 5.74) is 1.82. The lowest BCUT2D eigenvalue weighted by Gasteiger charge is -2.04. The Balaban J connectivity index is 1.73. The molecule has 3 rings (SSSR count). The molecule has 0 spiro atoms. The van der Waals surface area contributed by atoms with Gasteiger partial charge in [-0.3, -0.25) is 9.59 Å². The van der Waals surface area contributed by atoms with E-state index >= 15 is 0 Å². The number of benzene rings is 1. The maximum atomic E-state index is 12.3.